The molecule has 2 rings (SSSR count). The van der Waals surface area contributed by atoms with Gasteiger partial charge >= 0.3 is 5.97 Å². The Kier molecular flexibility index (Phi) is 5.83. The van der Waals surface area contributed by atoms with Gasteiger partial charge in [-0.15, -0.1) is 0 Å². The highest BCUT2D eigenvalue weighted by Gasteiger charge is 2.36. The number of thioether (sulfide) groups is 1. The molecule has 0 N–H and O–H groups in total. The predicted octanol–water partition coefficient (Wildman–Crippen LogP) is 3.80. The van der Waals surface area contributed by atoms with E-state index >= 15 is 0 Å². The molecule has 0 spiro atoms. The van der Waals surface area contributed by atoms with Gasteiger partial charge in [-0.3, -0.25) is 19.3 Å². The zero-order valence-electron chi connectivity index (χ0n) is 14.2. The van der Waals surface area contributed by atoms with Crippen molar-refractivity contribution in [2.45, 2.75) is 39.7 Å². The van der Waals surface area contributed by atoms with E-state index in [0.29, 0.717) is 10.8 Å². The lowest BCUT2D eigenvalue weighted by molar-refractivity contribution is -0.149. The predicted molar refractivity (Wildman–Crippen MR) is 94.4 cm³/mol. The van der Waals surface area contributed by atoms with Crippen molar-refractivity contribution in [2.24, 2.45) is 0 Å². The monoisotopic (exact) mass is 347 g/mol. The topological polar surface area (TPSA) is 63.7 Å². The van der Waals surface area contributed by atoms with Crippen molar-refractivity contribution < 1.29 is 19.1 Å². The van der Waals surface area contributed by atoms with E-state index in [1.165, 1.54) is 5.56 Å². The number of ether oxygens (including phenoxy) is 1. The maximum absolute atomic E-state index is 12.3. The van der Waals surface area contributed by atoms with Gasteiger partial charge in [-0.05, 0) is 48.7 Å². The molecule has 0 radical (unpaired) electrons. The molecule has 1 aliphatic heterocycles. The highest BCUT2D eigenvalue weighted by atomic mass is 32.2. The van der Waals surface area contributed by atoms with Crippen molar-refractivity contribution in [1.29, 1.82) is 0 Å². The van der Waals surface area contributed by atoms with E-state index in [-0.39, 0.29) is 12.6 Å². The molecule has 0 unspecified atom stereocenters. The number of hydrogen-bond acceptors (Lipinski definition) is 5. The van der Waals surface area contributed by atoms with Gasteiger partial charge in [0.1, 0.15) is 6.54 Å². The number of carbonyl (C=O) groups is 3. The summed E-state index contributed by atoms with van der Waals surface area (Å²) in [5.41, 5.74) is 2.05. The summed E-state index contributed by atoms with van der Waals surface area (Å²) in [6.07, 6.45) is 1.38. The summed E-state index contributed by atoms with van der Waals surface area (Å²) in [5.74, 6) is -0.619. The lowest BCUT2D eigenvalue weighted by atomic mass is 10.0. The molecule has 2 amide bonds. The van der Waals surface area contributed by atoms with Crippen LogP contribution in [0.4, 0.5) is 4.79 Å². The van der Waals surface area contributed by atoms with Crippen LogP contribution in [0.3, 0.4) is 0 Å². The van der Waals surface area contributed by atoms with E-state index in [4.69, 9.17) is 4.74 Å². The minimum Gasteiger partial charge on any atom is -0.462 e. The zero-order valence-corrected chi connectivity index (χ0v) is 15.1. The number of amides is 2. The Morgan fingerprint density at radius 3 is 2.33 bits per heavy atom. The summed E-state index contributed by atoms with van der Waals surface area (Å²) in [6, 6.07) is 7.83. The van der Waals surface area contributed by atoms with E-state index in [1.54, 1.807) is 19.9 Å². The van der Waals surface area contributed by atoms with Crippen LogP contribution in [0.15, 0.2) is 29.2 Å². The van der Waals surface area contributed by atoms with Gasteiger partial charge in [-0.25, -0.2) is 0 Å². The lowest BCUT2D eigenvalue weighted by Gasteiger charge is -2.13. The van der Waals surface area contributed by atoms with Crippen LogP contribution in [0, 0.1) is 0 Å². The molecule has 1 heterocycles. The Morgan fingerprint density at radius 1 is 1.17 bits per heavy atom. The van der Waals surface area contributed by atoms with Crippen molar-refractivity contribution in [3.05, 3.63) is 40.3 Å². The summed E-state index contributed by atoms with van der Waals surface area (Å²) in [7, 11) is 0. The molecule has 1 aromatic carbocycles. The molecule has 0 aromatic heterocycles. The third-order valence-corrected chi connectivity index (χ3v) is 4.34. The van der Waals surface area contributed by atoms with Crippen LogP contribution in [0.1, 0.15) is 44.7 Å². The number of carbonyl (C=O) groups excluding carboxylic acids is 3. The van der Waals surface area contributed by atoms with Gasteiger partial charge in [-0.2, -0.15) is 0 Å². The van der Waals surface area contributed by atoms with Gasteiger partial charge in [0.2, 0.25) is 0 Å². The highest BCUT2D eigenvalue weighted by molar-refractivity contribution is 8.18. The third-order valence-electron chi connectivity index (χ3n) is 3.43. The number of hydrogen-bond donors (Lipinski definition) is 0. The minimum atomic E-state index is -0.588. The summed E-state index contributed by atoms with van der Waals surface area (Å²) in [4.78, 5) is 37.2. The molecule has 0 bridgehead atoms. The van der Waals surface area contributed by atoms with Crippen LogP contribution in [0.5, 0.6) is 0 Å². The Morgan fingerprint density at radius 2 is 1.79 bits per heavy atom. The maximum Gasteiger partial charge on any atom is 0.326 e. The second-order valence-corrected chi connectivity index (χ2v) is 7.12. The fraction of sp³-hybridized carbons (Fsp3) is 0.389. The first kappa shape index (κ1) is 18.3. The normalized spacial score (nSPS) is 16.6. The largest absolute Gasteiger partial charge is 0.462 e. The van der Waals surface area contributed by atoms with E-state index in [1.807, 2.05) is 24.3 Å². The molecular formula is C18H21NO4S. The number of imide groups is 1. The molecular weight excluding hydrogens is 326 g/mol. The first-order valence-electron chi connectivity index (χ1n) is 7.82. The summed E-state index contributed by atoms with van der Waals surface area (Å²) in [5, 5.41) is -0.453. The molecule has 0 aliphatic carbocycles. The molecule has 0 atom stereocenters. The SMILES string of the molecule is CC(C)OC(=O)CN1C(=O)S/C(=C\c2ccc(C(C)C)cc2)C1=O. The number of nitrogens with zero attached hydrogens (tertiary/aromatic N) is 1. The summed E-state index contributed by atoms with van der Waals surface area (Å²) < 4.78 is 4.98. The molecule has 0 saturated carbocycles. The van der Waals surface area contributed by atoms with Gasteiger partial charge in [0, 0.05) is 0 Å². The van der Waals surface area contributed by atoms with Crippen molar-refractivity contribution in [3.63, 3.8) is 0 Å². The average Bonchev–Trinajstić information content (AvgIpc) is 2.74. The highest BCUT2D eigenvalue weighted by Crippen LogP contribution is 2.32. The van der Waals surface area contributed by atoms with Gasteiger partial charge in [0.05, 0.1) is 11.0 Å². The Hall–Kier alpha value is -2.08. The molecule has 128 valence electrons. The number of esters is 1. The third kappa shape index (κ3) is 4.47. The van der Waals surface area contributed by atoms with Crippen molar-refractivity contribution in [3.8, 4) is 0 Å². The second-order valence-electron chi connectivity index (χ2n) is 6.13. The lowest BCUT2D eigenvalue weighted by Crippen LogP contribution is -2.35. The molecule has 1 aliphatic rings. The van der Waals surface area contributed by atoms with Gasteiger partial charge in [-0.1, -0.05) is 38.1 Å². The Balaban J connectivity index is 2.11. The van der Waals surface area contributed by atoms with Crippen LogP contribution in [0.25, 0.3) is 6.08 Å². The van der Waals surface area contributed by atoms with Crippen molar-refractivity contribution in [1.82, 2.24) is 4.90 Å². The fourth-order valence-electron chi connectivity index (χ4n) is 2.19. The van der Waals surface area contributed by atoms with Crippen LogP contribution in [-0.4, -0.2) is 34.7 Å². The van der Waals surface area contributed by atoms with Crippen molar-refractivity contribution in [2.75, 3.05) is 6.54 Å². The fourth-order valence-corrected chi connectivity index (χ4v) is 3.03. The van der Waals surface area contributed by atoms with Crippen LogP contribution in [0.2, 0.25) is 0 Å². The molecule has 5 nitrogen and oxygen atoms in total. The minimum absolute atomic E-state index is 0.285. The second kappa shape index (κ2) is 7.66. The van der Waals surface area contributed by atoms with E-state index < -0.39 is 17.1 Å². The average molecular weight is 347 g/mol. The summed E-state index contributed by atoms with van der Waals surface area (Å²) in [6.45, 7) is 7.29. The first-order valence-corrected chi connectivity index (χ1v) is 8.64. The van der Waals surface area contributed by atoms with Crippen LogP contribution >= 0.6 is 11.8 Å². The zero-order chi connectivity index (χ0) is 17.9. The standard InChI is InChI=1S/C18H21NO4S/c1-11(2)14-7-5-13(6-8-14)9-15-17(21)19(18(22)24-15)10-16(20)23-12(3)4/h5-9,11-12H,10H2,1-4H3/b15-9-. The molecule has 6 heteroatoms. The van der Waals surface area contributed by atoms with E-state index in [2.05, 4.69) is 13.8 Å². The maximum atomic E-state index is 12.3. The molecule has 24 heavy (non-hydrogen) atoms. The van der Waals surface area contributed by atoms with E-state index in [0.717, 1.165) is 22.2 Å². The molecule has 1 saturated heterocycles. The molecule has 1 aromatic rings. The number of benzene rings is 1. The van der Waals surface area contributed by atoms with Crippen molar-refractivity contribution >= 4 is 35.0 Å². The van der Waals surface area contributed by atoms with Crippen LogP contribution in [-0.2, 0) is 14.3 Å². The Bertz CT molecular complexity index is 677. The van der Waals surface area contributed by atoms with E-state index in [9.17, 15) is 14.4 Å². The quantitative estimate of drug-likeness (QED) is 0.599. The summed E-state index contributed by atoms with van der Waals surface area (Å²) >= 11 is 0.839. The van der Waals surface area contributed by atoms with Gasteiger partial charge in [0.25, 0.3) is 11.1 Å². The molecule has 1 fully saturated rings. The number of rotatable bonds is 5. The van der Waals surface area contributed by atoms with Gasteiger partial charge < -0.3 is 4.74 Å². The first-order chi connectivity index (χ1) is 11.3. The van der Waals surface area contributed by atoms with Gasteiger partial charge in [0.15, 0.2) is 0 Å². The Labute approximate surface area is 146 Å². The smallest absolute Gasteiger partial charge is 0.326 e. The van der Waals surface area contributed by atoms with Crippen LogP contribution < -0.4 is 0 Å².